The highest BCUT2D eigenvalue weighted by Gasteiger charge is 2.50. The number of aliphatic hydroxyl groups is 2. The number of carbonyl (C=O) groups excluding carboxylic acids is 3. The van der Waals surface area contributed by atoms with Crippen molar-refractivity contribution in [2.45, 2.75) is 289 Å². The number of hydrogen-bond acceptors (Lipinski definition) is 11. The number of carbonyl (C=O) groups is 4. The maximum absolute atomic E-state index is 13.2. The van der Waals surface area contributed by atoms with E-state index < -0.39 is 67.3 Å². The number of carboxylic acids is 1. The lowest BCUT2D eigenvalue weighted by Crippen LogP contribution is -2.61. The number of aliphatic hydroxyl groups excluding tert-OH is 2. The number of hydrogen-bond donors (Lipinski definition) is 3. The standard InChI is InChI=1S/C67H110O12/c1-4-7-10-13-16-19-22-25-28-29-30-31-34-35-38-41-44-47-50-53-59(68)75-56-58(77-60(69)54-51-48-45-42-39-36-32-26-23-20-17-14-11-8-5-2)57-76-67-65(63(72)62(71)64(79-67)66(73)74)78-61(70)55-52-49-46-43-40-37-33-27-24-21-18-15-12-9-6-3/h7,10,16,18-19,21,25,27-28,30-31,33,35,38,44,47,58,62-65,67,71-72H,4-6,8-9,11-15,17,20,22-24,26,29,32,34,36-37,39-43,45-46,48-57H2,1-3H3,(H,73,74)/b10-7-,19-16-,21-18-,28-25-,31-30-,33-27-,38-35-,47-44-. The summed E-state index contributed by atoms with van der Waals surface area (Å²) in [5.74, 6) is -3.25. The van der Waals surface area contributed by atoms with Crippen molar-refractivity contribution in [3.8, 4) is 0 Å². The summed E-state index contributed by atoms with van der Waals surface area (Å²) >= 11 is 0. The van der Waals surface area contributed by atoms with Crippen molar-refractivity contribution in [1.29, 1.82) is 0 Å². The van der Waals surface area contributed by atoms with Gasteiger partial charge in [-0.3, -0.25) is 14.4 Å². The summed E-state index contributed by atoms with van der Waals surface area (Å²) in [4.78, 5) is 51.2. The Balaban J connectivity index is 2.73. The van der Waals surface area contributed by atoms with E-state index in [2.05, 4.69) is 106 Å². The molecule has 0 amide bonds. The van der Waals surface area contributed by atoms with E-state index in [-0.39, 0.29) is 25.9 Å². The van der Waals surface area contributed by atoms with E-state index in [4.69, 9.17) is 23.7 Å². The minimum Gasteiger partial charge on any atom is -0.479 e. The van der Waals surface area contributed by atoms with Gasteiger partial charge in [-0.25, -0.2) is 4.79 Å². The highest BCUT2D eigenvalue weighted by Crippen LogP contribution is 2.26. The predicted molar refractivity (Wildman–Crippen MR) is 321 cm³/mol. The van der Waals surface area contributed by atoms with Crippen molar-refractivity contribution in [1.82, 2.24) is 0 Å². The van der Waals surface area contributed by atoms with Crippen molar-refractivity contribution in [3.63, 3.8) is 0 Å². The Labute approximate surface area is 479 Å². The van der Waals surface area contributed by atoms with Crippen molar-refractivity contribution in [2.75, 3.05) is 13.2 Å². The Morgan fingerprint density at radius 2 is 0.823 bits per heavy atom. The monoisotopic (exact) mass is 1110 g/mol. The molecule has 0 bridgehead atoms. The molecule has 6 atom stereocenters. The van der Waals surface area contributed by atoms with E-state index in [1.807, 2.05) is 12.2 Å². The molecule has 1 rings (SSSR count). The largest absolute Gasteiger partial charge is 0.479 e. The lowest BCUT2D eigenvalue weighted by molar-refractivity contribution is -0.301. The molecule has 1 heterocycles. The fourth-order valence-corrected chi connectivity index (χ4v) is 8.89. The van der Waals surface area contributed by atoms with Crippen molar-refractivity contribution in [2.24, 2.45) is 0 Å². The van der Waals surface area contributed by atoms with Crippen LogP contribution in [0, 0.1) is 0 Å². The molecule has 0 saturated carbocycles. The van der Waals surface area contributed by atoms with E-state index in [1.54, 1.807) is 0 Å². The van der Waals surface area contributed by atoms with E-state index in [1.165, 1.54) is 89.9 Å². The van der Waals surface area contributed by atoms with Crippen LogP contribution in [0.15, 0.2) is 97.2 Å². The molecule has 79 heavy (non-hydrogen) atoms. The molecule has 0 aromatic carbocycles. The summed E-state index contributed by atoms with van der Waals surface area (Å²) in [5.41, 5.74) is 0. The van der Waals surface area contributed by atoms with Crippen LogP contribution in [0.4, 0.5) is 0 Å². The first-order valence-electron chi connectivity index (χ1n) is 31.2. The van der Waals surface area contributed by atoms with Crippen LogP contribution in [0.5, 0.6) is 0 Å². The highest BCUT2D eigenvalue weighted by molar-refractivity contribution is 5.74. The number of esters is 3. The van der Waals surface area contributed by atoms with Gasteiger partial charge in [0.05, 0.1) is 6.61 Å². The fourth-order valence-electron chi connectivity index (χ4n) is 8.89. The smallest absolute Gasteiger partial charge is 0.335 e. The van der Waals surface area contributed by atoms with Crippen LogP contribution >= 0.6 is 0 Å². The lowest BCUT2D eigenvalue weighted by Gasteiger charge is -2.40. The Kier molecular flexibility index (Phi) is 49.9. The first kappa shape index (κ1) is 72.7. The Hall–Kier alpha value is -4.36. The van der Waals surface area contributed by atoms with Gasteiger partial charge in [0, 0.05) is 19.3 Å². The van der Waals surface area contributed by atoms with E-state index in [9.17, 15) is 34.5 Å². The topological polar surface area (TPSA) is 175 Å². The van der Waals surface area contributed by atoms with Gasteiger partial charge in [0.15, 0.2) is 24.6 Å². The van der Waals surface area contributed by atoms with Crippen molar-refractivity contribution in [3.05, 3.63) is 97.2 Å². The summed E-state index contributed by atoms with van der Waals surface area (Å²) in [5, 5.41) is 31.5. The van der Waals surface area contributed by atoms with E-state index >= 15 is 0 Å². The molecule has 12 nitrogen and oxygen atoms in total. The minimum absolute atomic E-state index is 0.0347. The fraction of sp³-hybridized carbons (Fsp3) is 0.701. The molecule has 0 aromatic rings. The third-order valence-corrected chi connectivity index (χ3v) is 13.7. The number of unbranched alkanes of at least 4 members (excludes halogenated alkanes) is 22. The molecule has 6 unspecified atom stereocenters. The maximum atomic E-state index is 13.2. The number of ether oxygens (including phenoxy) is 5. The number of carboxylic acid groups (broad SMARTS) is 1. The quantitative estimate of drug-likeness (QED) is 0.0228. The molecule has 1 saturated heterocycles. The van der Waals surface area contributed by atoms with Crippen LogP contribution in [0.1, 0.15) is 252 Å². The van der Waals surface area contributed by atoms with Gasteiger partial charge < -0.3 is 39.0 Å². The molecule has 450 valence electrons. The molecule has 1 aliphatic heterocycles. The maximum Gasteiger partial charge on any atom is 0.335 e. The van der Waals surface area contributed by atoms with Crippen molar-refractivity contribution >= 4 is 23.9 Å². The van der Waals surface area contributed by atoms with E-state index in [0.29, 0.717) is 19.3 Å². The average Bonchev–Trinajstić information content (AvgIpc) is 3.46. The van der Waals surface area contributed by atoms with Crippen LogP contribution in [0.25, 0.3) is 0 Å². The first-order chi connectivity index (χ1) is 38.6. The average molecular weight is 1110 g/mol. The van der Waals surface area contributed by atoms with Crippen LogP contribution in [0.3, 0.4) is 0 Å². The molecule has 0 aromatic heterocycles. The van der Waals surface area contributed by atoms with Crippen LogP contribution in [-0.4, -0.2) is 89.2 Å². The van der Waals surface area contributed by atoms with Gasteiger partial charge in [-0.1, -0.05) is 240 Å². The third kappa shape index (κ3) is 44.0. The van der Waals surface area contributed by atoms with Gasteiger partial charge in [0.25, 0.3) is 0 Å². The SMILES string of the molecule is CC/C=C\C/C=C\C/C=C\C/C=C\C/C=C\C/C=C\CCC(=O)OCC(COC1OC(C(=O)O)C(O)C(O)C1OC(=O)CCCCCCC/C=C\C/C=C\CCCCC)OC(=O)CCCCCCCCCCCCCCCCC. The summed E-state index contributed by atoms with van der Waals surface area (Å²) in [6, 6.07) is 0. The Morgan fingerprint density at radius 1 is 0.430 bits per heavy atom. The van der Waals surface area contributed by atoms with Gasteiger partial charge in [-0.05, 0) is 89.9 Å². The second kappa shape index (κ2) is 54.2. The molecule has 0 spiro atoms. The Morgan fingerprint density at radius 3 is 1.29 bits per heavy atom. The zero-order valence-electron chi connectivity index (χ0n) is 49.6. The molecular weight excluding hydrogens is 997 g/mol. The molecule has 0 radical (unpaired) electrons. The van der Waals surface area contributed by atoms with Gasteiger partial charge in [0.2, 0.25) is 0 Å². The molecule has 3 N–H and O–H groups in total. The number of allylic oxidation sites excluding steroid dienone is 16. The van der Waals surface area contributed by atoms with Gasteiger partial charge in [0.1, 0.15) is 18.8 Å². The Bertz CT molecular complexity index is 1740. The van der Waals surface area contributed by atoms with Crippen LogP contribution < -0.4 is 0 Å². The van der Waals surface area contributed by atoms with Crippen molar-refractivity contribution < 1.29 is 58.2 Å². The van der Waals surface area contributed by atoms with Gasteiger partial charge in [-0.2, -0.15) is 0 Å². The zero-order chi connectivity index (χ0) is 57.5. The molecule has 0 aliphatic carbocycles. The molecule has 12 heteroatoms. The minimum atomic E-state index is -1.92. The number of aliphatic carboxylic acids is 1. The van der Waals surface area contributed by atoms with Gasteiger partial charge in [-0.15, -0.1) is 0 Å². The second-order valence-corrected chi connectivity index (χ2v) is 21.0. The van der Waals surface area contributed by atoms with Crippen LogP contribution in [0.2, 0.25) is 0 Å². The highest BCUT2D eigenvalue weighted by atomic mass is 16.7. The summed E-state index contributed by atoms with van der Waals surface area (Å²) in [7, 11) is 0. The molecule has 1 fully saturated rings. The third-order valence-electron chi connectivity index (χ3n) is 13.7. The lowest BCUT2D eigenvalue weighted by atomic mass is 9.98. The molecular formula is C67H110O12. The van der Waals surface area contributed by atoms with E-state index in [0.717, 1.165) is 103 Å². The summed E-state index contributed by atoms with van der Waals surface area (Å²) in [6.45, 7) is 5.79. The van der Waals surface area contributed by atoms with Gasteiger partial charge >= 0.3 is 23.9 Å². The van der Waals surface area contributed by atoms with Crippen LogP contribution in [-0.2, 0) is 42.9 Å². The number of rotatable bonds is 52. The first-order valence-corrected chi connectivity index (χ1v) is 31.2. The zero-order valence-corrected chi connectivity index (χ0v) is 49.6. The predicted octanol–water partition coefficient (Wildman–Crippen LogP) is 16.5. The molecule has 1 aliphatic rings. The summed E-state index contributed by atoms with van der Waals surface area (Å²) < 4.78 is 28.4. The second-order valence-electron chi connectivity index (χ2n) is 21.0. The summed E-state index contributed by atoms with van der Waals surface area (Å²) in [6.07, 6.45) is 59.5. The normalized spacial score (nSPS) is 18.5.